The van der Waals surface area contributed by atoms with E-state index >= 15 is 0 Å². The molecular weight excluding hydrogens is 325 g/mol. The number of benzene rings is 2. The molecule has 0 aliphatic carbocycles. The van der Waals surface area contributed by atoms with E-state index in [1.54, 1.807) is 19.2 Å². The summed E-state index contributed by atoms with van der Waals surface area (Å²) in [6.07, 6.45) is -0.703. The molecule has 0 aliphatic rings. The summed E-state index contributed by atoms with van der Waals surface area (Å²) in [4.78, 5) is 0. The molecule has 0 bridgehead atoms. The molecular formula is C15H15BrFNO2. The van der Waals surface area contributed by atoms with Gasteiger partial charge in [-0.3, -0.25) is 0 Å². The molecule has 2 aromatic rings. The first-order valence-electron chi connectivity index (χ1n) is 6.11. The molecule has 106 valence electrons. The zero-order valence-electron chi connectivity index (χ0n) is 10.9. The largest absolute Gasteiger partial charge is 0.495 e. The van der Waals surface area contributed by atoms with Crippen LogP contribution in [0.4, 0.5) is 10.1 Å². The Morgan fingerprint density at radius 3 is 2.60 bits per heavy atom. The summed E-state index contributed by atoms with van der Waals surface area (Å²) in [7, 11) is 1.59. The predicted molar refractivity (Wildman–Crippen MR) is 80.5 cm³/mol. The molecule has 0 heterocycles. The standard InChI is InChI=1S/C15H15BrFNO2/c1-20-15-8-12(6-7-13(15)16)18-9-14(19)10-2-4-11(17)5-3-10/h2-8,14,18-19H,9H2,1H3. The third kappa shape index (κ3) is 3.71. The molecule has 2 aromatic carbocycles. The highest BCUT2D eigenvalue weighted by Crippen LogP contribution is 2.28. The second-order valence-electron chi connectivity index (χ2n) is 4.30. The van der Waals surface area contributed by atoms with Crippen molar-refractivity contribution >= 4 is 21.6 Å². The zero-order valence-corrected chi connectivity index (χ0v) is 12.5. The summed E-state index contributed by atoms with van der Waals surface area (Å²) in [5, 5.41) is 13.1. The van der Waals surface area contributed by atoms with Crippen molar-refractivity contribution in [3.63, 3.8) is 0 Å². The summed E-state index contributed by atoms with van der Waals surface area (Å²) in [5.41, 5.74) is 1.51. The van der Waals surface area contributed by atoms with Gasteiger partial charge in [-0.15, -0.1) is 0 Å². The number of aliphatic hydroxyl groups excluding tert-OH is 1. The van der Waals surface area contributed by atoms with Crippen LogP contribution in [0.25, 0.3) is 0 Å². The molecule has 0 radical (unpaired) electrons. The van der Waals surface area contributed by atoms with Gasteiger partial charge in [-0.2, -0.15) is 0 Å². The van der Waals surface area contributed by atoms with Crippen LogP contribution in [0.2, 0.25) is 0 Å². The van der Waals surface area contributed by atoms with E-state index in [2.05, 4.69) is 21.2 Å². The third-order valence-electron chi connectivity index (χ3n) is 2.91. The van der Waals surface area contributed by atoms with E-state index in [4.69, 9.17) is 4.74 Å². The molecule has 0 amide bonds. The first-order valence-corrected chi connectivity index (χ1v) is 6.90. The number of aliphatic hydroxyl groups is 1. The van der Waals surface area contributed by atoms with Crippen LogP contribution in [0.5, 0.6) is 5.75 Å². The van der Waals surface area contributed by atoms with Gasteiger partial charge in [-0.1, -0.05) is 12.1 Å². The molecule has 2 N–H and O–H groups in total. The number of anilines is 1. The first-order chi connectivity index (χ1) is 9.60. The molecule has 20 heavy (non-hydrogen) atoms. The van der Waals surface area contributed by atoms with Crippen molar-refractivity contribution in [2.45, 2.75) is 6.10 Å². The lowest BCUT2D eigenvalue weighted by Gasteiger charge is -2.14. The highest BCUT2D eigenvalue weighted by molar-refractivity contribution is 9.10. The fourth-order valence-corrected chi connectivity index (χ4v) is 2.20. The lowest BCUT2D eigenvalue weighted by Crippen LogP contribution is -2.12. The maximum Gasteiger partial charge on any atom is 0.135 e. The maximum atomic E-state index is 12.8. The molecule has 2 rings (SSSR count). The van der Waals surface area contributed by atoms with Crippen LogP contribution < -0.4 is 10.1 Å². The van der Waals surface area contributed by atoms with Gasteiger partial charge in [0.1, 0.15) is 11.6 Å². The van der Waals surface area contributed by atoms with Gasteiger partial charge in [0, 0.05) is 18.3 Å². The minimum absolute atomic E-state index is 0.313. The van der Waals surface area contributed by atoms with E-state index < -0.39 is 6.10 Å². The van der Waals surface area contributed by atoms with Gasteiger partial charge < -0.3 is 15.2 Å². The summed E-state index contributed by atoms with van der Waals surface area (Å²) in [5.74, 6) is 0.401. The summed E-state index contributed by atoms with van der Waals surface area (Å²) in [6, 6.07) is 11.4. The van der Waals surface area contributed by atoms with Crippen LogP contribution >= 0.6 is 15.9 Å². The molecule has 0 aromatic heterocycles. The van der Waals surface area contributed by atoms with Crippen molar-refractivity contribution in [3.05, 3.63) is 58.3 Å². The fraction of sp³-hybridized carbons (Fsp3) is 0.200. The number of methoxy groups -OCH3 is 1. The molecule has 3 nitrogen and oxygen atoms in total. The monoisotopic (exact) mass is 339 g/mol. The lowest BCUT2D eigenvalue weighted by atomic mass is 10.1. The number of hydrogen-bond donors (Lipinski definition) is 2. The van der Waals surface area contributed by atoms with Crippen LogP contribution in [0.15, 0.2) is 46.9 Å². The first kappa shape index (κ1) is 14.8. The van der Waals surface area contributed by atoms with Gasteiger partial charge in [0.15, 0.2) is 0 Å². The Bertz CT molecular complexity index is 575. The van der Waals surface area contributed by atoms with E-state index in [-0.39, 0.29) is 5.82 Å². The van der Waals surface area contributed by atoms with Gasteiger partial charge in [0.25, 0.3) is 0 Å². The maximum absolute atomic E-state index is 12.8. The van der Waals surface area contributed by atoms with Gasteiger partial charge in [0.05, 0.1) is 17.7 Å². The minimum atomic E-state index is -0.703. The summed E-state index contributed by atoms with van der Waals surface area (Å²) in [6.45, 7) is 0.330. The van der Waals surface area contributed by atoms with Gasteiger partial charge in [-0.05, 0) is 45.8 Å². The molecule has 5 heteroatoms. The third-order valence-corrected chi connectivity index (χ3v) is 3.56. The van der Waals surface area contributed by atoms with Crippen molar-refractivity contribution in [1.82, 2.24) is 0 Å². The van der Waals surface area contributed by atoms with Crippen molar-refractivity contribution in [2.24, 2.45) is 0 Å². The van der Waals surface area contributed by atoms with Crippen LogP contribution in [0.1, 0.15) is 11.7 Å². The van der Waals surface area contributed by atoms with Gasteiger partial charge in [0.2, 0.25) is 0 Å². The van der Waals surface area contributed by atoms with Crippen molar-refractivity contribution in [2.75, 3.05) is 19.0 Å². The fourth-order valence-electron chi connectivity index (χ4n) is 1.79. The Balaban J connectivity index is 1.99. The molecule has 0 saturated carbocycles. The summed E-state index contributed by atoms with van der Waals surface area (Å²) >= 11 is 3.38. The van der Waals surface area contributed by atoms with E-state index in [9.17, 15) is 9.50 Å². The van der Waals surface area contributed by atoms with E-state index in [0.717, 1.165) is 10.2 Å². The van der Waals surface area contributed by atoms with E-state index in [1.165, 1.54) is 12.1 Å². The SMILES string of the molecule is COc1cc(NCC(O)c2ccc(F)cc2)ccc1Br. The number of rotatable bonds is 5. The van der Waals surface area contributed by atoms with Crippen LogP contribution in [0, 0.1) is 5.82 Å². The Labute approximate surface area is 125 Å². The molecule has 0 saturated heterocycles. The average molecular weight is 340 g/mol. The van der Waals surface area contributed by atoms with Crippen LogP contribution in [-0.4, -0.2) is 18.8 Å². The van der Waals surface area contributed by atoms with Gasteiger partial charge in [-0.25, -0.2) is 4.39 Å². The zero-order chi connectivity index (χ0) is 14.5. The molecule has 0 spiro atoms. The van der Waals surface area contributed by atoms with Crippen molar-refractivity contribution in [3.8, 4) is 5.75 Å². The highest BCUT2D eigenvalue weighted by Gasteiger charge is 2.08. The van der Waals surface area contributed by atoms with Crippen molar-refractivity contribution in [1.29, 1.82) is 0 Å². The second kappa shape index (κ2) is 6.72. The topological polar surface area (TPSA) is 41.5 Å². The molecule has 1 atom stereocenters. The smallest absolute Gasteiger partial charge is 0.135 e. The average Bonchev–Trinajstić information content (AvgIpc) is 2.46. The Morgan fingerprint density at radius 1 is 1.25 bits per heavy atom. The van der Waals surface area contributed by atoms with Crippen LogP contribution in [-0.2, 0) is 0 Å². The number of halogens is 2. The molecule has 0 aliphatic heterocycles. The molecule has 0 fully saturated rings. The van der Waals surface area contributed by atoms with Gasteiger partial charge >= 0.3 is 0 Å². The Kier molecular flexibility index (Phi) is 4.98. The quantitative estimate of drug-likeness (QED) is 0.871. The normalized spacial score (nSPS) is 12.0. The number of ether oxygens (including phenoxy) is 1. The Hall–Kier alpha value is -1.59. The number of hydrogen-bond acceptors (Lipinski definition) is 3. The number of nitrogens with one attached hydrogen (secondary N) is 1. The summed E-state index contributed by atoms with van der Waals surface area (Å²) < 4.78 is 18.9. The molecule has 1 unspecified atom stereocenters. The Morgan fingerprint density at radius 2 is 1.95 bits per heavy atom. The minimum Gasteiger partial charge on any atom is -0.495 e. The van der Waals surface area contributed by atoms with Crippen molar-refractivity contribution < 1.29 is 14.2 Å². The lowest BCUT2D eigenvalue weighted by molar-refractivity contribution is 0.191. The van der Waals surface area contributed by atoms with E-state index in [0.29, 0.717) is 17.9 Å². The highest BCUT2D eigenvalue weighted by atomic mass is 79.9. The second-order valence-corrected chi connectivity index (χ2v) is 5.15. The van der Waals surface area contributed by atoms with E-state index in [1.807, 2.05) is 18.2 Å². The van der Waals surface area contributed by atoms with Crippen LogP contribution in [0.3, 0.4) is 0 Å². The predicted octanol–water partition coefficient (Wildman–Crippen LogP) is 3.74.